The van der Waals surface area contributed by atoms with Crippen LogP contribution in [0.15, 0.2) is 53.4 Å². The van der Waals surface area contributed by atoms with Crippen LogP contribution < -0.4 is 5.32 Å². The third kappa shape index (κ3) is 3.95. The molecule has 7 heteroatoms. The van der Waals surface area contributed by atoms with Gasteiger partial charge in [0.25, 0.3) is 5.91 Å². The van der Waals surface area contributed by atoms with Gasteiger partial charge in [-0.25, -0.2) is 4.98 Å². The fourth-order valence-corrected chi connectivity index (χ4v) is 4.48. The van der Waals surface area contributed by atoms with Crippen molar-refractivity contribution >= 4 is 45.2 Å². The second-order valence-electron chi connectivity index (χ2n) is 6.56. The summed E-state index contributed by atoms with van der Waals surface area (Å²) < 4.78 is 2.23. The summed E-state index contributed by atoms with van der Waals surface area (Å²) in [6, 6.07) is 12.1. The van der Waals surface area contributed by atoms with Crippen molar-refractivity contribution in [3.63, 3.8) is 0 Å². The Kier molecular flexibility index (Phi) is 5.07. The Morgan fingerprint density at radius 1 is 1.22 bits per heavy atom. The zero-order valence-corrected chi connectivity index (χ0v) is 16.8. The van der Waals surface area contributed by atoms with Crippen LogP contribution in [-0.2, 0) is 6.54 Å². The number of fused-ring (bicyclic) bond motifs is 1. The predicted octanol–water partition coefficient (Wildman–Crippen LogP) is 4.64. The maximum Gasteiger partial charge on any atom is 0.275 e. The zero-order valence-electron chi connectivity index (χ0n) is 15.2. The van der Waals surface area contributed by atoms with Gasteiger partial charge in [0, 0.05) is 41.3 Å². The number of benzene rings is 1. The molecule has 0 atom stereocenters. The first-order valence-electron chi connectivity index (χ1n) is 8.64. The van der Waals surface area contributed by atoms with Gasteiger partial charge in [0.05, 0.1) is 4.88 Å². The molecule has 0 saturated heterocycles. The molecular weight excluding hydrogens is 376 g/mol. The van der Waals surface area contributed by atoms with Crippen molar-refractivity contribution < 1.29 is 4.79 Å². The minimum atomic E-state index is -0.180. The van der Waals surface area contributed by atoms with E-state index in [2.05, 4.69) is 52.2 Å². The smallest absolute Gasteiger partial charge is 0.275 e. The number of thiophene rings is 1. The lowest BCUT2D eigenvalue weighted by Crippen LogP contribution is -2.17. The van der Waals surface area contributed by atoms with Gasteiger partial charge < -0.3 is 14.8 Å². The Hall–Kier alpha value is -2.48. The number of rotatable bonds is 6. The summed E-state index contributed by atoms with van der Waals surface area (Å²) >= 11 is 3.12. The lowest BCUT2D eigenvalue weighted by molar-refractivity contribution is 0.102. The van der Waals surface area contributed by atoms with E-state index in [0.29, 0.717) is 5.69 Å². The van der Waals surface area contributed by atoms with Crippen molar-refractivity contribution in [3.05, 3.63) is 59.0 Å². The number of carbonyl (C=O) groups is 1. The Bertz CT molecular complexity index is 1060. The first-order valence-corrected chi connectivity index (χ1v) is 10.4. The zero-order chi connectivity index (χ0) is 18.8. The van der Waals surface area contributed by atoms with Gasteiger partial charge in [-0.05, 0) is 49.8 Å². The van der Waals surface area contributed by atoms with E-state index < -0.39 is 0 Å². The molecule has 0 bridgehead atoms. The average molecular weight is 397 g/mol. The van der Waals surface area contributed by atoms with Crippen LogP contribution in [0.25, 0.3) is 20.8 Å². The SMILES string of the molecule is CN(C)CCn1ccc2cc(NC(=O)c3csc(-c4cccs4)n3)ccc21. The van der Waals surface area contributed by atoms with Gasteiger partial charge in [-0.2, -0.15) is 0 Å². The molecule has 3 heterocycles. The highest BCUT2D eigenvalue weighted by molar-refractivity contribution is 7.20. The van der Waals surface area contributed by atoms with Crippen molar-refractivity contribution in [1.29, 1.82) is 0 Å². The quantitative estimate of drug-likeness (QED) is 0.516. The van der Waals surface area contributed by atoms with Gasteiger partial charge in [0.2, 0.25) is 0 Å². The number of nitrogens with one attached hydrogen (secondary N) is 1. The van der Waals surface area contributed by atoms with Gasteiger partial charge in [-0.3, -0.25) is 4.79 Å². The summed E-state index contributed by atoms with van der Waals surface area (Å²) in [5.74, 6) is -0.180. The number of anilines is 1. The van der Waals surface area contributed by atoms with E-state index in [1.807, 2.05) is 29.6 Å². The second-order valence-corrected chi connectivity index (χ2v) is 8.36. The van der Waals surface area contributed by atoms with Gasteiger partial charge >= 0.3 is 0 Å². The molecule has 1 N–H and O–H groups in total. The first-order chi connectivity index (χ1) is 13.1. The van der Waals surface area contributed by atoms with Crippen LogP contribution in [0.5, 0.6) is 0 Å². The van der Waals surface area contributed by atoms with Crippen LogP contribution in [-0.4, -0.2) is 41.0 Å². The molecular formula is C20H20N4OS2. The maximum absolute atomic E-state index is 12.5. The Morgan fingerprint density at radius 3 is 2.89 bits per heavy atom. The van der Waals surface area contributed by atoms with E-state index >= 15 is 0 Å². The number of likely N-dealkylation sites (N-methyl/N-ethyl adjacent to an activating group) is 1. The topological polar surface area (TPSA) is 50.2 Å². The number of hydrogen-bond donors (Lipinski definition) is 1. The summed E-state index contributed by atoms with van der Waals surface area (Å²) in [5, 5.41) is 8.77. The molecule has 27 heavy (non-hydrogen) atoms. The number of nitrogens with zero attached hydrogens (tertiary/aromatic N) is 3. The number of thiazole rings is 1. The molecule has 0 radical (unpaired) electrons. The van der Waals surface area contributed by atoms with Crippen LogP contribution in [0.3, 0.4) is 0 Å². The van der Waals surface area contributed by atoms with Gasteiger partial charge in [0.15, 0.2) is 0 Å². The van der Waals surface area contributed by atoms with E-state index in [1.165, 1.54) is 16.9 Å². The van der Waals surface area contributed by atoms with Crippen LogP contribution in [0.2, 0.25) is 0 Å². The molecule has 3 aromatic heterocycles. The first kappa shape index (κ1) is 17.9. The maximum atomic E-state index is 12.5. The number of aromatic nitrogens is 2. The minimum absolute atomic E-state index is 0.180. The van der Waals surface area contributed by atoms with Gasteiger partial charge in [-0.1, -0.05) is 6.07 Å². The number of hydrogen-bond acceptors (Lipinski definition) is 5. The van der Waals surface area contributed by atoms with Crippen molar-refractivity contribution in [1.82, 2.24) is 14.5 Å². The third-order valence-electron chi connectivity index (χ3n) is 4.29. The predicted molar refractivity (Wildman–Crippen MR) is 114 cm³/mol. The summed E-state index contributed by atoms with van der Waals surface area (Å²) in [6.45, 7) is 1.92. The number of carbonyl (C=O) groups excluding carboxylic acids is 1. The van der Waals surface area contributed by atoms with Crippen molar-refractivity contribution in [3.8, 4) is 9.88 Å². The van der Waals surface area contributed by atoms with Crippen molar-refractivity contribution in [2.75, 3.05) is 26.0 Å². The largest absolute Gasteiger partial charge is 0.346 e. The van der Waals surface area contributed by atoms with E-state index in [-0.39, 0.29) is 5.91 Å². The Labute approximate surface area is 165 Å². The molecule has 0 aliphatic rings. The molecule has 138 valence electrons. The normalized spacial score (nSPS) is 11.4. The van der Waals surface area contributed by atoms with Crippen molar-refractivity contribution in [2.45, 2.75) is 6.54 Å². The molecule has 1 amide bonds. The molecule has 4 aromatic rings. The molecule has 0 saturated carbocycles. The highest BCUT2D eigenvalue weighted by Crippen LogP contribution is 2.28. The monoisotopic (exact) mass is 396 g/mol. The Balaban J connectivity index is 1.49. The molecule has 5 nitrogen and oxygen atoms in total. The van der Waals surface area contributed by atoms with Gasteiger partial charge in [0.1, 0.15) is 10.7 Å². The fraction of sp³-hybridized carbons (Fsp3) is 0.200. The molecule has 0 fully saturated rings. The average Bonchev–Trinajstić information content (AvgIpc) is 3.39. The molecule has 0 aliphatic heterocycles. The summed E-state index contributed by atoms with van der Waals surface area (Å²) in [6.07, 6.45) is 2.09. The fourth-order valence-electron chi connectivity index (χ4n) is 2.87. The number of amides is 1. The highest BCUT2D eigenvalue weighted by Gasteiger charge is 2.13. The van der Waals surface area contributed by atoms with Crippen LogP contribution in [0.1, 0.15) is 10.5 Å². The summed E-state index contributed by atoms with van der Waals surface area (Å²) in [4.78, 5) is 20.3. The van der Waals surface area contributed by atoms with Crippen molar-refractivity contribution in [2.24, 2.45) is 0 Å². The third-order valence-corrected chi connectivity index (χ3v) is 6.17. The van der Waals surface area contributed by atoms with Crippen LogP contribution in [0.4, 0.5) is 5.69 Å². The van der Waals surface area contributed by atoms with Gasteiger partial charge in [-0.15, -0.1) is 22.7 Å². The molecule has 1 aromatic carbocycles. The van der Waals surface area contributed by atoms with Crippen LogP contribution >= 0.6 is 22.7 Å². The summed E-state index contributed by atoms with van der Waals surface area (Å²) in [7, 11) is 4.14. The molecule has 0 spiro atoms. The Morgan fingerprint density at radius 2 is 2.11 bits per heavy atom. The van der Waals surface area contributed by atoms with E-state index in [9.17, 15) is 4.79 Å². The van der Waals surface area contributed by atoms with E-state index in [0.717, 1.165) is 34.0 Å². The lowest BCUT2D eigenvalue weighted by atomic mass is 10.2. The second kappa shape index (κ2) is 7.64. The minimum Gasteiger partial charge on any atom is -0.346 e. The molecule has 0 aliphatic carbocycles. The van der Waals surface area contributed by atoms with Crippen LogP contribution in [0, 0.1) is 0 Å². The molecule has 4 rings (SSSR count). The highest BCUT2D eigenvalue weighted by atomic mass is 32.1. The lowest BCUT2D eigenvalue weighted by Gasteiger charge is -2.11. The van der Waals surface area contributed by atoms with E-state index in [4.69, 9.17) is 0 Å². The summed E-state index contributed by atoms with van der Waals surface area (Å²) in [5.41, 5.74) is 2.40. The molecule has 0 unspecified atom stereocenters. The van der Waals surface area contributed by atoms with E-state index in [1.54, 1.807) is 16.7 Å². The standard InChI is InChI=1S/C20H20N4OS2/c1-23(2)9-10-24-8-7-14-12-15(5-6-17(14)24)21-19(25)16-13-27-20(22-16)18-4-3-11-26-18/h3-8,11-13H,9-10H2,1-2H3,(H,21,25).